The lowest BCUT2D eigenvalue weighted by Crippen LogP contribution is -2.27. The standard InChI is InChI=1S/C10H16N4O2/c1-2-11-9(15)8-13-10(16-14-8)7-5-3-4-6-12-7/h7,12H,2-6H2,1H3,(H,11,15)/t7-/m1/s1. The predicted molar refractivity (Wildman–Crippen MR) is 56.9 cm³/mol. The summed E-state index contributed by atoms with van der Waals surface area (Å²) in [7, 11) is 0. The molecule has 1 aliphatic heterocycles. The van der Waals surface area contributed by atoms with Gasteiger partial charge in [-0.15, -0.1) is 0 Å². The van der Waals surface area contributed by atoms with Crippen molar-refractivity contribution in [1.29, 1.82) is 0 Å². The van der Waals surface area contributed by atoms with Crippen LogP contribution in [0, 0.1) is 0 Å². The van der Waals surface area contributed by atoms with Gasteiger partial charge in [-0.1, -0.05) is 11.6 Å². The van der Waals surface area contributed by atoms with Gasteiger partial charge in [0.15, 0.2) is 0 Å². The molecule has 1 aromatic rings. The molecule has 0 aliphatic carbocycles. The number of rotatable bonds is 3. The van der Waals surface area contributed by atoms with Crippen LogP contribution >= 0.6 is 0 Å². The van der Waals surface area contributed by atoms with E-state index in [1.807, 2.05) is 6.92 Å². The Labute approximate surface area is 93.8 Å². The zero-order chi connectivity index (χ0) is 11.4. The number of piperidine rings is 1. The number of carbonyl (C=O) groups excluding carboxylic acids is 1. The molecule has 0 radical (unpaired) electrons. The van der Waals surface area contributed by atoms with Gasteiger partial charge < -0.3 is 15.2 Å². The van der Waals surface area contributed by atoms with Crippen molar-refractivity contribution >= 4 is 5.91 Å². The highest BCUT2D eigenvalue weighted by molar-refractivity contribution is 5.90. The second kappa shape index (κ2) is 5.07. The number of nitrogens with one attached hydrogen (secondary N) is 2. The lowest BCUT2D eigenvalue weighted by atomic mass is 10.1. The molecule has 1 aromatic heterocycles. The number of nitrogens with zero attached hydrogens (tertiary/aromatic N) is 2. The summed E-state index contributed by atoms with van der Waals surface area (Å²) in [6, 6.07) is 0.101. The number of amides is 1. The van der Waals surface area contributed by atoms with Crippen LogP contribution in [0.25, 0.3) is 0 Å². The van der Waals surface area contributed by atoms with Crippen molar-refractivity contribution in [2.75, 3.05) is 13.1 Å². The van der Waals surface area contributed by atoms with E-state index in [1.54, 1.807) is 0 Å². The second-order valence-electron chi connectivity index (χ2n) is 3.82. The predicted octanol–water partition coefficient (Wildman–Crippen LogP) is 0.634. The third-order valence-electron chi connectivity index (χ3n) is 2.59. The number of hydrogen-bond acceptors (Lipinski definition) is 5. The summed E-state index contributed by atoms with van der Waals surface area (Å²) in [5.74, 6) is 0.346. The molecule has 1 fully saturated rings. The number of hydrogen-bond donors (Lipinski definition) is 2. The van der Waals surface area contributed by atoms with Crippen molar-refractivity contribution in [1.82, 2.24) is 20.8 Å². The van der Waals surface area contributed by atoms with E-state index < -0.39 is 0 Å². The topological polar surface area (TPSA) is 80.0 Å². The fourth-order valence-corrected chi connectivity index (χ4v) is 1.77. The van der Waals surface area contributed by atoms with Gasteiger partial charge >= 0.3 is 0 Å². The van der Waals surface area contributed by atoms with E-state index in [2.05, 4.69) is 20.8 Å². The summed E-state index contributed by atoms with van der Waals surface area (Å²) >= 11 is 0. The molecule has 2 N–H and O–H groups in total. The first-order chi connectivity index (χ1) is 7.81. The molecule has 0 bridgehead atoms. The zero-order valence-electron chi connectivity index (χ0n) is 9.32. The van der Waals surface area contributed by atoms with E-state index in [9.17, 15) is 4.79 Å². The first kappa shape index (κ1) is 11.1. The normalized spacial score (nSPS) is 20.7. The molecule has 1 atom stereocenters. The van der Waals surface area contributed by atoms with Crippen molar-refractivity contribution in [3.8, 4) is 0 Å². The minimum atomic E-state index is -0.284. The van der Waals surface area contributed by atoms with Crippen LogP contribution in [0.3, 0.4) is 0 Å². The monoisotopic (exact) mass is 224 g/mol. The summed E-state index contributed by atoms with van der Waals surface area (Å²) < 4.78 is 5.09. The van der Waals surface area contributed by atoms with Crippen LogP contribution in [0.5, 0.6) is 0 Å². The molecular formula is C10H16N4O2. The molecule has 0 saturated carbocycles. The van der Waals surface area contributed by atoms with E-state index in [0.29, 0.717) is 12.4 Å². The van der Waals surface area contributed by atoms with Gasteiger partial charge in [-0.25, -0.2) is 0 Å². The quantitative estimate of drug-likeness (QED) is 0.787. The molecule has 2 heterocycles. The van der Waals surface area contributed by atoms with Crippen molar-refractivity contribution in [3.63, 3.8) is 0 Å². The van der Waals surface area contributed by atoms with Gasteiger partial charge in [0.1, 0.15) is 0 Å². The maximum atomic E-state index is 11.4. The Balaban J connectivity index is 2.03. The summed E-state index contributed by atoms with van der Waals surface area (Å²) in [6.45, 7) is 3.37. The maximum absolute atomic E-state index is 11.4. The average molecular weight is 224 g/mol. The molecule has 88 valence electrons. The lowest BCUT2D eigenvalue weighted by molar-refractivity contribution is 0.0942. The fourth-order valence-electron chi connectivity index (χ4n) is 1.77. The van der Waals surface area contributed by atoms with Gasteiger partial charge in [-0.05, 0) is 26.3 Å². The summed E-state index contributed by atoms with van der Waals surface area (Å²) in [5, 5.41) is 9.60. The lowest BCUT2D eigenvalue weighted by Gasteiger charge is -2.19. The van der Waals surface area contributed by atoms with E-state index in [1.165, 1.54) is 6.42 Å². The third kappa shape index (κ3) is 2.38. The van der Waals surface area contributed by atoms with Gasteiger partial charge in [-0.2, -0.15) is 4.98 Å². The Bertz CT molecular complexity index is 357. The Morgan fingerprint density at radius 3 is 3.19 bits per heavy atom. The zero-order valence-corrected chi connectivity index (χ0v) is 9.32. The third-order valence-corrected chi connectivity index (χ3v) is 2.59. The Morgan fingerprint density at radius 1 is 1.62 bits per heavy atom. The number of carbonyl (C=O) groups is 1. The van der Waals surface area contributed by atoms with Gasteiger partial charge in [0.25, 0.3) is 11.7 Å². The highest BCUT2D eigenvalue weighted by atomic mass is 16.5. The summed E-state index contributed by atoms with van der Waals surface area (Å²) in [5.41, 5.74) is 0. The Morgan fingerprint density at radius 2 is 2.50 bits per heavy atom. The number of aromatic nitrogens is 2. The molecule has 16 heavy (non-hydrogen) atoms. The van der Waals surface area contributed by atoms with Crippen molar-refractivity contribution < 1.29 is 9.32 Å². The molecule has 6 nitrogen and oxygen atoms in total. The molecular weight excluding hydrogens is 208 g/mol. The van der Waals surface area contributed by atoms with Crippen LogP contribution in [-0.4, -0.2) is 29.1 Å². The van der Waals surface area contributed by atoms with E-state index in [-0.39, 0.29) is 17.8 Å². The van der Waals surface area contributed by atoms with Gasteiger partial charge in [0, 0.05) is 6.54 Å². The van der Waals surface area contributed by atoms with Gasteiger partial charge in [0.05, 0.1) is 6.04 Å². The van der Waals surface area contributed by atoms with Crippen LogP contribution in [0.4, 0.5) is 0 Å². The van der Waals surface area contributed by atoms with E-state index in [0.717, 1.165) is 19.4 Å². The van der Waals surface area contributed by atoms with Crippen LogP contribution in [-0.2, 0) is 0 Å². The molecule has 1 saturated heterocycles. The van der Waals surface area contributed by atoms with Crippen molar-refractivity contribution in [2.45, 2.75) is 32.2 Å². The van der Waals surface area contributed by atoms with Gasteiger partial charge in [-0.3, -0.25) is 4.79 Å². The van der Waals surface area contributed by atoms with Crippen molar-refractivity contribution in [2.24, 2.45) is 0 Å². The first-order valence-corrected chi connectivity index (χ1v) is 5.66. The van der Waals surface area contributed by atoms with Crippen LogP contribution in [0.15, 0.2) is 4.52 Å². The van der Waals surface area contributed by atoms with Crippen LogP contribution < -0.4 is 10.6 Å². The SMILES string of the molecule is CCNC(=O)c1noc([C@H]2CCCCN2)n1. The molecule has 1 amide bonds. The van der Waals surface area contributed by atoms with Crippen molar-refractivity contribution in [3.05, 3.63) is 11.7 Å². The molecule has 1 aliphatic rings. The molecule has 6 heteroatoms. The summed E-state index contributed by atoms with van der Waals surface area (Å²) in [4.78, 5) is 15.5. The van der Waals surface area contributed by atoms with Gasteiger partial charge in [0.2, 0.25) is 5.89 Å². The summed E-state index contributed by atoms with van der Waals surface area (Å²) in [6.07, 6.45) is 3.31. The van der Waals surface area contributed by atoms with E-state index >= 15 is 0 Å². The largest absolute Gasteiger partial charge is 0.349 e. The van der Waals surface area contributed by atoms with Crippen LogP contribution in [0.2, 0.25) is 0 Å². The van der Waals surface area contributed by atoms with E-state index in [4.69, 9.17) is 4.52 Å². The average Bonchev–Trinajstić information content (AvgIpc) is 2.80. The Kier molecular flexibility index (Phi) is 3.51. The molecule has 0 aromatic carbocycles. The highest BCUT2D eigenvalue weighted by Gasteiger charge is 2.22. The molecule has 2 rings (SSSR count). The first-order valence-electron chi connectivity index (χ1n) is 5.66. The molecule has 0 unspecified atom stereocenters. The van der Waals surface area contributed by atoms with Crippen LogP contribution in [0.1, 0.15) is 48.7 Å². The highest BCUT2D eigenvalue weighted by Crippen LogP contribution is 2.20. The Hall–Kier alpha value is -1.43. The second-order valence-corrected chi connectivity index (χ2v) is 3.82. The fraction of sp³-hybridized carbons (Fsp3) is 0.700. The maximum Gasteiger partial charge on any atom is 0.292 e. The minimum Gasteiger partial charge on any atom is -0.349 e. The smallest absolute Gasteiger partial charge is 0.292 e. The molecule has 0 spiro atoms. The minimum absolute atomic E-state index is 0.101.